The molecule has 0 radical (unpaired) electrons. The largest absolute Gasteiger partial charge is 0.486 e. The molecule has 1 heterocycles. The molecule has 1 aliphatic rings. The van der Waals surface area contributed by atoms with Crippen molar-refractivity contribution >= 4 is 5.91 Å². The van der Waals surface area contributed by atoms with E-state index >= 15 is 0 Å². The summed E-state index contributed by atoms with van der Waals surface area (Å²) in [6.07, 6.45) is 0.494. The lowest BCUT2D eigenvalue weighted by molar-refractivity contribution is -0.121. The van der Waals surface area contributed by atoms with Crippen LogP contribution in [0.2, 0.25) is 0 Å². The molecular weight excluding hydrogens is 242 g/mol. The van der Waals surface area contributed by atoms with Gasteiger partial charge in [0.05, 0.1) is 0 Å². The number of fused-ring (bicyclic) bond motifs is 1. The van der Waals surface area contributed by atoms with E-state index in [1.54, 1.807) is 7.05 Å². The highest BCUT2D eigenvalue weighted by Crippen LogP contribution is 2.36. The fourth-order valence-corrected chi connectivity index (χ4v) is 2.33. The Hall–Kier alpha value is -1.71. The zero-order chi connectivity index (χ0) is 13.8. The van der Waals surface area contributed by atoms with Gasteiger partial charge in [-0.1, -0.05) is 19.9 Å². The second kappa shape index (κ2) is 5.95. The van der Waals surface area contributed by atoms with Gasteiger partial charge in [0.1, 0.15) is 13.2 Å². The molecule has 1 unspecified atom stereocenters. The van der Waals surface area contributed by atoms with Crippen LogP contribution in [-0.2, 0) is 4.79 Å². The smallest absolute Gasteiger partial charge is 0.220 e. The van der Waals surface area contributed by atoms with E-state index in [0.29, 0.717) is 25.6 Å². The van der Waals surface area contributed by atoms with Crippen molar-refractivity contribution in [1.29, 1.82) is 0 Å². The van der Waals surface area contributed by atoms with Crippen LogP contribution < -0.4 is 14.8 Å². The first-order chi connectivity index (χ1) is 9.11. The molecule has 0 saturated heterocycles. The van der Waals surface area contributed by atoms with E-state index in [9.17, 15) is 4.79 Å². The fourth-order valence-electron chi connectivity index (χ4n) is 2.33. The molecule has 0 bridgehead atoms. The minimum atomic E-state index is 0.0635. The van der Waals surface area contributed by atoms with Gasteiger partial charge in [0.25, 0.3) is 0 Å². The second-order valence-electron chi connectivity index (χ2n) is 5.13. The lowest BCUT2D eigenvalue weighted by atomic mass is 9.85. The summed E-state index contributed by atoms with van der Waals surface area (Å²) >= 11 is 0. The monoisotopic (exact) mass is 263 g/mol. The van der Waals surface area contributed by atoms with Crippen LogP contribution in [0.3, 0.4) is 0 Å². The van der Waals surface area contributed by atoms with Crippen molar-refractivity contribution in [3.05, 3.63) is 23.8 Å². The first-order valence-electron chi connectivity index (χ1n) is 6.72. The predicted octanol–water partition coefficient (Wildman–Crippen LogP) is 2.33. The molecule has 1 atom stereocenters. The van der Waals surface area contributed by atoms with Crippen molar-refractivity contribution in [2.45, 2.75) is 26.2 Å². The maximum Gasteiger partial charge on any atom is 0.220 e. The average Bonchev–Trinajstić information content (AvgIpc) is 2.43. The zero-order valence-corrected chi connectivity index (χ0v) is 11.7. The van der Waals surface area contributed by atoms with Gasteiger partial charge < -0.3 is 14.8 Å². The van der Waals surface area contributed by atoms with Gasteiger partial charge in [-0.2, -0.15) is 0 Å². The standard InChI is InChI=1S/C15H21NO3/c1-10(2)12(9-15(17)16-3)11-4-5-13-14(8-11)19-7-6-18-13/h4-5,8,10,12H,6-7,9H2,1-3H3,(H,16,17). The highest BCUT2D eigenvalue weighted by atomic mass is 16.6. The van der Waals surface area contributed by atoms with Gasteiger partial charge in [-0.15, -0.1) is 0 Å². The molecule has 4 nitrogen and oxygen atoms in total. The summed E-state index contributed by atoms with van der Waals surface area (Å²) in [6.45, 7) is 5.44. The molecule has 1 aliphatic heterocycles. The maximum absolute atomic E-state index is 11.6. The normalized spacial score (nSPS) is 15.2. The molecule has 4 heteroatoms. The van der Waals surface area contributed by atoms with E-state index in [1.165, 1.54) is 0 Å². The molecule has 1 aromatic rings. The highest BCUT2D eigenvalue weighted by Gasteiger charge is 2.21. The van der Waals surface area contributed by atoms with E-state index in [2.05, 4.69) is 19.2 Å². The van der Waals surface area contributed by atoms with Gasteiger partial charge in [-0.25, -0.2) is 0 Å². The first kappa shape index (κ1) is 13.7. The summed E-state index contributed by atoms with van der Waals surface area (Å²) in [4.78, 5) is 11.6. The summed E-state index contributed by atoms with van der Waals surface area (Å²) in [6, 6.07) is 5.96. The number of nitrogens with one attached hydrogen (secondary N) is 1. The third kappa shape index (κ3) is 3.19. The lowest BCUT2D eigenvalue weighted by Gasteiger charge is -2.24. The Morgan fingerprint density at radius 3 is 2.58 bits per heavy atom. The summed E-state index contributed by atoms with van der Waals surface area (Å²) in [5, 5.41) is 2.69. The molecule has 1 amide bonds. The van der Waals surface area contributed by atoms with Crippen molar-refractivity contribution in [2.75, 3.05) is 20.3 Å². The molecule has 0 spiro atoms. The van der Waals surface area contributed by atoms with Gasteiger partial charge >= 0.3 is 0 Å². The van der Waals surface area contributed by atoms with Crippen LogP contribution in [0.15, 0.2) is 18.2 Å². The molecular formula is C15H21NO3. The quantitative estimate of drug-likeness (QED) is 0.907. The van der Waals surface area contributed by atoms with Gasteiger partial charge in [-0.3, -0.25) is 4.79 Å². The number of rotatable bonds is 4. The molecule has 0 aromatic heterocycles. The van der Waals surface area contributed by atoms with Crippen molar-refractivity contribution in [1.82, 2.24) is 5.32 Å². The third-order valence-corrected chi connectivity index (χ3v) is 3.48. The van der Waals surface area contributed by atoms with Gasteiger partial charge in [0.15, 0.2) is 11.5 Å². The lowest BCUT2D eigenvalue weighted by Crippen LogP contribution is -2.23. The van der Waals surface area contributed by atoms with E-state index in [-0.39, 0.29) is 11.8 Å². The van der Waals surface area contributed by atoms with Gasteiger partial charge in [-0.05, 0) is 29.5 Å². The number of ether oxygens (including phenoxy) is 2. The van der Waals surface area contributed by atoms with Crippen molar-refractivity contribution in [2.24, 2.45) is 5.92 Å². The van der Waals surface area contributed by atoms with Crippen LogP contribution in [0, 0.1) is 5.92 Å². The van der Waals surface area contributed by atoms with Crippen molar-refractivity contribution < 1.29 is 14.3 Å². The molecule has 1 aromatic carbocycles. The SMILES string of the molecule is CNC(=O)CC(c1ccc2c(c1)OCCO2)C(C)C. The maximum atomic E-state index is 11.6. The Bertz CT molecular complexity index is 457. The third-order valence-electron chi connectivity index (χ3n) is 3.48. The number of hydrogen-bond donors (Lipinski definition) is 1. The summed E-state index contributed by atoms with van der Waals surface area (Å²) in [7, 11) is 1.67. The topological polar surface area (TPSA) is 47.6 Å². The number of benzene rings is 1. The molecule has 19 heavy (non-hydrogen) atoms. The Morgan fingerprint density at radius 1 is 1.26 bits per heavy atom. The fraction of sp³-hybridized carbons (Fsp3) is 0.533. The van der Waals surface area contributed by atoms with Crippen LogP contribution in [0.5, 0.6) is 11.5 Å². The van der Waals surface area contributed by atoms with E-state index in [4.69, 9.17) is 9.47 Å². The van der Waals surface area contributed by atoms with Crippen LogP contribution in [0.4, 0.5) is 0 Å². The summed E-state index contributed by atoms with van der Waals surface area (Å²) < 4.78 is 11.1. The number of amides is 1. The summed E-state index contributed by atoms with van der Waals surface area (Å²) in [5.74, 6) is 2.22. The average molecular weight is 263 g/mol. The van der Waals surface area contributed by atoms with E-state index in [0.717, 1.165) is 17.1 Å². The van der Waals surface area contributed by atoms with E-state index in [1.807, 2.05) is 18.2 Å². The molecule has 1 N–H and O–H groups in total. The van der Waals surface area contributed by atoms with Crippen molar-refractivity contribution in [3.8, 4) is 11.5 Å². The molecule has 2 rings (SSSR count). The Kier molecular flexibility index (Phi) is 4.30. The Labute approximate surface area is 114 Å². The number of carbonyl (C=O) groups excluding carboxylic acids is 1. The minimum absolute atomic E-state index is 0.0635. The van der Waals surface area contributed by atoms with Gasteiger partial charge in [0.2, 0.25) is 5.91 Å². The first-order valence-corrected chi connectivity index (χ1v) is 6.72. The summed E-state index contributed by atoms with van der Waals surface area (Å²) in [5.41, 5.74) is 1.13. The van der Waals surface area contributed by atoms with Gasteiger partial charge in [0, 0.05) is 13.5 Å². The highest BCUT2D eigenvalue weighted by molar-refractivity contribution is 5.76. The van der Waals surface area contributed by atoms with Crippen LogP contribution >= 0.6 is 0 Å². The van der Waals surface area contributed by atoms with Crippen LogP contribution in [0.1, 0.15) is 31.7 Å². The number of hydrogen-bond acceptors (Lipinski definition) is 3. The Balaban J connectivity index is 2.24. The molecule has 104 valence electrons. The van der Waals surface area contributed by atoms with E-state index < -0.39 is 0 Å². The molecule has 0 saturated carbocycles. The zero-order valence-electron chi connectivity index (χ0n) is 11.7. The van der Waals surface area contributed by atoms with Crippen LogP contribution in [0.25, 0.3) is 0 Å². The number of carbonyl (C=O) groups is 1. The van der Waals surface area contributed by atoms with Crippen molar-refractivity contribution in [3.63, 3.8) is 0 Å². The predicted molar refractivity (Wildman–Crippen MR) is 73.7 cm³/mol. The molecule has 0 fully saturated rings. The molecule has 0 aliphatic carbocycles. The Morgan fingerprint density at radius 2 is 1.95 bits per heavy atom. The second-order valence-corrected chi connectivity index (χ2v) is 5.13. The minimum Gasteiger partial charge on any atom is -0.486 e. The van der Waals surface area contributed by atoms with Crippen LogP contribution in [-0.4, -0.2) is 26.2 Å².